The topological polar surface area (TPSA) is 56.2 Å². The Bertz CT molecular complexity index is 623. The highest BCUT2D eigenvalue weighted by molar-refractivity contribution is 5.81. The number of ether oxygens (including phenoxy) is 2. The van der Waals surface area contributed by atoms with Gasteiger partial charge in [-0.05, 0) is 25.0 Å². The molecule has 0 bridgehead atoms. The molecule has 5 nitrogen and oxygen atoms in total. The predicted octanol–water partition coefficient (Wildman–Crippen LogP) is 1.76. The van der Waals surface area contributed by atoms with E-state index in [-0.39, 0.29) is 5.69 Å². The zero-order chi connectivity index (χ0) is 13.2. The molecule has 102 valence electrons. The molecule has 1 aliphatic rings. The monoisotopic (exact) mass is 262 g/mol. The molecule has 0 aliphatic carbocycles. The van der Waals surface area contributed by atoms with E-state index in [1.165, 1.54) is 0 Å². The first kappa shape index (κ1) is 12.3. The summed E-state index contributed by atoms with van der Waals surface area (Å²) in [5, 5.41) is 0. The van der Waals surface area contributed by atoms with Crippen molar-refractivity contribution in [3.63, 3.8) is 0 Å². The molecule has 1 unspecified atom stereocenters. The molecule has 19 heavy (non-hydrogen) atoms. The number of nitrogens with one attached hydrogen (secondary N) is 1. The van der Waals surface area contributed by atoms with E-state index in [1.807, 2.05) is 18.2 Å². The Morgan fingerprint density at radius 2 is 2.42 bits per heavy atom. The Balaban J connectivity index is 1.98. The summed E-state index contributed by atoms with van der Waals surface area (Å²) in [6.45, 7) is 2.28. The van der Waals surface area contributed by atoms with Crippen LogP contribution in [0.4, 0.5) is 0 Å². The minimum atomic E-state index is -0.0786. The first-order valence-corrected chi connectivity index (χ1v) is 6.63. The van der Waals surface area contributed by atoms with E-state index < -0.39 is 0 Å². The number of fused-ring (bicyclic) bond motifs is 1. The third-order valence-electron chi connectivity index (χ3n) is 3.69. The van der Waals surface area contributed by atoms with Gasteiger partial charge in [0.25, 0.3) is 0 Å². The van der Waals surface area contributed by atoms with Crippen LogP contribution >= 0.6 is 0 Å². The quantitative estimate of drug-likeness (QED) is 0.917. The molecule has 1 aromatic carbocycles. The molecule has 1 aromatic heterocycles. The first-order chi connectivity index (χ1) is 9.29. The van der Waals surface area contributed by atoms with E-state index in [0.29, 0.717) is 18.2 Å². The molecule has 0 radical (unpaired) electrons. The molecule has 0 saturated carbocycles. The highest BCUT2D eigenvalue weighted by Crippen LogP contribution is 2.23. The Morgan fingerprint density at radius 1 is 1.53 bits per heavy atom. The molecule has 2 aromatic rings. The smallest absolute Gasteiger partial charge is 0.326 e. The lowest BCUT2D eigenvalue weighted by atomic mass is 10.0. The number of benzene rings is 1. The van der Waals surface area contributed by atoms with Crippen LogP contribution in [0.5, 0.6) is 5.75 Å². The van der Waals surface area contributed by atoms with E-state index >= 15 is 0 Å². The molecule has 1 fully saturated rings. The van der Waals surface area contributed by atoms with Gasteiger partial charge in [-0.25, -0.2) is 4.79 Å². The third kappa shape index (κ3) is 2.26. The Labute approximate surface area is 111 Å². The van der Waals surface area contributed by atoms with Gasteiger partial charge in [-0.3, -0.25) is 4.57 Å². The summed E-state index contributed by atoms with van der Waals surface area (Å²) in [5.74, 6) is 1.12. The van der Waals surface area contributed by atoms with Gasteiger partial charge in [0.2, 0.25) is 0 Å². The maximum atomic E-state index is 12.1. The van der Waals surface area contributed by atoms with Gasteiger partial charge in [0.05, 0.1) is 19.2 Å². The van der Waals surface area contributed by atoms with Crippen LogP contribution in [-0.2, 0) is 11.3 Å². The fraction of sp³-hybridized carbons (Fsp3) is 0.500. The molecule has 1 saturated heterocycles. The average Bonchev–Trinajstić information content (AvgIpc) is 2.76. The van der Waals surface area contributed by atoms with Crippen molar-refractivity contribution in [2.75, 3.05) is 20.3 Å². The molecule has 5 heteroatoms. The molecular formula is C14H18N2O3. The highest BCUT2D eigenvalue weighted by atomic mass is 16.5. The molecule has 1 atom stereocenters. The second-order valence-corrected chi connectivity index (χ2v) is 4.98. The molecule has 1 N–H and O–H groups in total. The van der Waals surface area contributed by atoms with Crippen molar-refractivity contribution in [1.82, 2.24) is 9.55 Å². The predicted molar refractivity (Wildman–Crippen MR) is 72.7 cm³/mol. The summed E-state index contributed by atoms with van der Waals surface area (Å²) in [7, 11) is 1.61. The molecular weight excluding hydrogens is 244 g/mol. The van der Waals surface area contributed by atoms with Crippen LogP contribution in [0.3, 0.4) is 0 Å². The van der Waals surface area contributed by atoms with E-state index in [2.05, 4.69) is 4.98 Å². The van der Waals surface area contributed by atoms with Crippen molar-refractivity contribution >= 4 is 11.0 Å². The van der Waals surface area contributed by atoms with Gasteiger partial charge < -0.3 is 14.5 Å². The van der Waals surface area contributed by atoms with E-state index in [1.54, 1.807) is 11.7 Å². The summed E-state index contributed by atoms with van der Waals surface area (Å²) in [4.78, 5) is 15.0. The lowest BCUT2D eigenvalue weighted by Crippen LogP contribution is -2.27. The lowest BCUT2D eigenvalue weighted by Gasteiger charge is -2.22. The minimum Gasteiger partial charge on any atom is -0.494 e. The summed E-state index contributed by atoms with van der Waals surface area (Å²) >= 11 is 0. The number of rotatable bonds is 3. The maximum Gasteiger partial charge on any atom is 0.326 e. The van der Waals surface area contributed by atoms with Crippen LogP contribution in [0, 0.1) is 5.92 Å². The van der Waals surface area contributed by atoms with Gasteiger partial charge in [0.1, 0.15) is 11.3 Å². The first-order valence-electron chi connectivity index (χ1n) is 6.63. The number of hydrogen-bond acceptors (Lipinski definition) is 3. The zero-order valence-electron chi connectivity index (χ0n) is 11.0. The Hall–Kier alpha value is -1.75. The second-order valence-electron chi connectivity index (χ2n) is 4.98. The fourth-order valence-corrected chi connectivity index (χ4v) is 2.71. The van der Waals surface area contributed by atoms with Gasteiger partial charge in [-0.15, -0.1) is 0 Å². The third-order valence-corrected chi connectivity index (χ3v) is 3.69. The lowest BCUT2D eigenvalue weighted by molar-refractivity contribution is 0.0485. The number of nitrogens with zero attached hydrogens (tertiary/aromatic N) is 1. The zero-order valence-corrected chi connectivity index (χ0v) is 11.0. The molecule has 0 amide bonds. The average molecular weight is 262 g/mol. The summed E-state index contributed by atoms with van der Waals surface area (Å²) in [6.07, 6.45) is 2.19. The number of H-pyrrole nitrogens is 1. The molecule has 1 aliphatic heterocycles. The fourth-order valence-electron chi connectivity index (χ4n) is 2.71. The molecule has 0 spiro atoms. The highest BCUT2D eigenvalue weighted by Gasteiger charge is 2.18. The summed E-state index contributed by atoms with van der Waals surface area (Å²) in [6, 6.07) is 5.70. The van der Waals surface area contributed by atoms with Crippen LogP contribution in [-0.4, -0.2) is 29.9 Å². The largest absolute Gasteiger partial charge is 0.494 e. The van der Waals surface area contributed by atoms with Crippen molar-refractivity contribution in [2.45, 2.75) is 19.4 Å². The van der Waals surface area contributed by atoms with Crippen LogP contribution < -0.4 is 10.4 Å². The normalized spacial score (nSPS) is 19.7. The van der Waals surface area contributed by atoms with E-state index in [9.17, 15) is 4.79 Å². The number of methoxy groups -OCH3 is 1. The Morgan fingerprint density at radius 3 is 3.16 bits per heavy atom. The second kappa shape index (κ2) is 5.09. The number of aromatic amines is 1. The number of hydrogen-bond donors (Lipinski definition) is 1. The van der Waals surface area contributed by atoms with Crippen molar-refractivity contribution < 1.29 is 9.47 Å². The van der Waals surface area contributed by atoms with E-state index in [4.69, 9.17) is 9.47 Å². The SMILES string of the molecule is COc1cccc2c1[nH]c(=O)n2CC1CCCOC1. The van der Waals surface area contributed by atoms with Crippen LogP contribution in [0.2, 0.25) is 0 Å². The number of para-hydroxylation sites is 1. The minimum absolute atomic E-state index is 0.0786. The molecule has 3 rings (SSSR count). The maximum absolute atomic E-state index is 12.1. The van der Waals surface area contributed by atoms with Gasteiger partial charge >= 0.3 is 5.69 Å². The number of aromatic nitrogens is 2. The van der Waals surface area contributed by atoms with Crippen molar-refractivity contribution in [2.24, 2.45) is 5.92 Å². The van der Waals surface area contributed by atoms with Crippen molar-refractivity contribution in [3.8, 4) is 5.75 Å². The van der Waals surface area contributed by atoms with Gasteiger partial charge in [0.15, 0.2) is 0 Å². The van der Waals surface area contributed by atoms with Crippen LogP contribution in [0.15, 0.2) is 23.0 Å². The van der Waals surface area contributed by atoms with Gasteiger partial charge in [0, 0.05) is 19.1 Å². The summed E-state index contributed by atoms with van der Waals surface area (Å²) < 4.78 is 12.5. The van der Waals surface area contributed by atoms with Crippen molar-refractivity contribution in [1.29, 1.82) is 0 Å². The number of imidazole rings is 1. The van der Waals surface area contributed by atoms with E-state index in [0.717, 1.165) is 37.1 Å². The van der Waals surface area contributed by atoms with Gasteiger partial charge in [-0.2, -0.15) is 0 Å². The summed E-state index contributed by atoms with van der Waals surface area (Å²) in [5.41, 5.74) is 1.59. The van der Waals surface area contributed by atoms with Crippen LogP contribution in [0.1, 0.15) is 12.8 Å². The Kier molecular flexibility index (Phi) is 3.29. The molecule has 2 heterocycles. The standard InChI is InChI=1S/C14H18N2O3/c1-18-12-6-2-5-11-13(12)15-14(17)16(11)8-10-4-3-7-19-9-10/h2,5-6,10H,3-4,7-9H2,1H3,(H,15,17). The van der Waals surface area contributed by atoms with Crippen LogP contribution in [0.25, 0.3) is 11.0 Å². The van der Waals surface area contributed by atoms with Gasteiger partial charge in [-0.1, -0.05) is 6.07 Å². The van der Waals surface area contributed by atoms with Crippen molar-refractivity contribution in [3.05, 3.63) is 28.7 Å².